The van der Waals surface area contributed by atoms with Crippen molar-refractivity contribution in [1.29, 1.82) is 0 Å². The Morgan fingerprint density at radius 1 is 0.453 bits per heavy atom. The minimum Gasteiger partial charge on any atom is -0.744 e. The van der Waals surface area contributed by atoms with E-state index in [-0.39, 0.29) is 173 Å². The van der Waals surface area contributed by atoms with Gasteiger partial charge in [0.15, 0.2) is 23.3 Å². The van der Waals surface area contributed by atoms with Crippen LogP contribution in [0.4, 0.5) is 0 Å². The molecule has 0 amide bonds. The van der Waals surface area contributed by atoms with Gasteiger partial charge in [-0.05, 0) is 83.4 Å². The Morgan fingerprint density at radius 3 is 1.28 bits per heavy atom. The van der Waals surface area contributed by atoms with Gasteiger partial charge in [-0.15, -0.1) is 0 Å². The molecule has 3 N–H and O–H groups in total. The first-order valence-corrected chi connectivity index (χ1v) is 21.7. The van der Waals surface area contributed by atoms with Gasteiger partial charge < -0.3 is 29.0 Å². The molecule has 2 aliphatic heterocycles. The molecule has 10 rings (SSSR count). The van der Waals surface area contributed by atoms with Crippen LogP contribution in [0.2, 0.25) is 0 Å². The van der Waals surface area contributed by atoms with Crippen LogP contribution in [0.3, 0.4) is 0 Å². The topological polar surface area (TPSA) is 318 Å². The van der Waals surface area contributed by atoms with Gasteiger partial charge in [-0.1, -0.05) is 30.3 Å². The third-order valence-corrected chi connectivity index (χ3v) is 12.6. The van der Waals surface area contributed by atoms with E-state index in [1.807, 2.05) is 0 Å². The fourth-order valence-corrected chi connectivity index (χ4v) is 8.68. The van der Waals surface area contributed by atoms with Gasteiger partial charge in [-0.2, -0.15) is 8.42 Å². The second kappa shape index (κ2) is 17.1. The SMILES string of the molecule is O=C([O-])c1ccc(-c2ccc3c4nc5nc(nc6[nH]c(nc7nc(nc([nH]4)c3c2)-c2ccc(S(=O)(=O)[O-])cc2-7)c2ccc(S(=O)(=O)O)cc62)-c2ccc(S(=O)(=O)[O-])cc2-5)cc1.[Na+].[Na+].[Na+]. The van der Waals surface area contributed by atoms with E-state index in [0.717, 1.165) is 36.4 Å². The molecule has 8 bridgehead atoms. The number of carboxylic acid groups (broad SMARTS) is 1. The Bertz CT molecular complexity index is 3810. The standard InChI is InChI=1S/C39H22N8O11S3.3Na/c48-39(49)18-3-1-17(2-4-18)19-5-9-23-27(13-19)35-40-31(23)42-36-29-15-21(60(53,54)55)7-11-25(29)33(44-36)46-38-30-16-22(61(56,57)58)8-12-26(30)34(47-38)45-37-28-14-20(59(50,51)52)6-10-24(28)32(41-35)43-37;;;/h1-16H,(H,48,49)(H,50,51,52)(H,53,54,55)(H,56,57,58)(H2,40,41,42,43,44,45,46,47);;;/q;3*+1/p-3. The van der Waals surface area contributed by atoms with Gasteiger partial charge in [0.2, 0.25) is 0 Å². The summed E-state index contributed by atoms with van der Waals surface area (Å²) in [5.41, 5.74) is 2.19. The van der Waals surface area contributed by atoms with Crippen LogP contribution < -0.4 is 93.8 Å². The maximum Gasteiger partial charge on any atom is 1.00 e. The average molecular weight is 941 g/mol. The fraction of sp³-hybridized carbons (Fsp3) is 0. The van der Waals surface area contributed by atoms with E-state index >= 15 is 0 Å². The number of nitrogens with one attached hydrogen (secondary N) is 2. The number of fused-ring (bicyclic) bond motifs is 20. The normalized spacial score (nSPS) is 12.1. The summed E-state index contributed by atoms with van der Waals surface area (Å²) < 4.78 is 108. The summed E-state index contributed by atoms with van der Waals surface area (Å²) in [7, 11) is -14.7. The second-order valence-corrected chi connectivity index (χ2v) is 17.9. The zero-order valence-corrected chi connectivity index (χ0v) is 41.6. The van der Waals surface area contributed by atoms with Crippen LogP contribution in [0.25, 0.3) is 101 Å². The van der Waals surface area contributed by atoms with Crippen molar-refractivity contribution in [3.63, 3.8) is 0 Å². The Balaban J connectivity index is 0.00000204. The van der Waals surface area contributed by atoms with E-state index in [4.69, 9.17) is 9.97 Å². The molecule has 0 fully saturated rings. The largest absolute Gasteiger partial charge is 1.00 e. The molecule has 5 aromatic carbocycles. The van der Waals surface area contributed by atoms with Gasteiger partial charge in [0.05, 0.1) is 20.7 Å². The van der Waals surface area contributed by atoms with Crippen molar-refractivity contribution in [3.8, 4) is 56.7 Å². The Kier molecular flexibility index (Phi) is 12.8. The molecule has 8 aromatic rings. The minimum absolute atomic E-state index is 0. The van der Waals surface area contributed by atoms with Gasteiger partial charge in [0.1, 0.15) is 42.8 Å². The summed E-state index contributed by atoms with van der Waals surface area (Å²) in [5.74, 6) is -1.60. The average Bonchev–Trinajstić information content (AvgIpc) is 3.94. The molecule has 0 unspecified atom stereocenters. The Morgan fingerprint density at radius 2 is 0.844 bits per heavy atom. The van der Waals surface area contributed by atoms with Crippen LogP contribution in [-0.4, -0.2) is 84.8 Å². The van der Waals surface area contributed by atoms with Crippen molar-refractivity contribution in [2.45, 2.75) is 14.7 Å². The summed E-state index contributed by atoms with van der Waals surface area (Å²) >= 11 is 0. The summed E-state index contributed by atoms with van der Waals surface area (Å²) in [5, 5.41) is 12.7. The fourth-order valence-electron chi connectivity index (χ4n) is 7.18. The van der Waals surface area contributed by atoms with Crippen LogP contribution in [-0.2, 0) is 30.4 Å². The zero-order chi connectivity index (χ0) is 42.7. The molecule has 0 saturated heterocycles. The summed E-state index contributed by atoms with van der Waals surface area (Å²) in [6, 6.07) is 21.8. The molecule has 0 atom stereocenters. The minimum atomic E-state index is -4.97. The van der Waals surface area contributed by atoms with Crippen LogP contribution in [0, 0.1) is 0 Å². The summed E-state index contributed by atoms with van der Waals surface area (Å²) in [6.07, 6.45) is 0. The predicted octanol–water partition coefficient (Wildman–Crippen LogP) is -5.03. The number of rotatable bonds is 5. The van der Waals surface area contributed by atoms with E-state index < -0.39 is 51.0 Å². The first-order valence-electron chi connectivity index (χ1n) is 17.5. The van der Waals surface area contributed by atoms with Crippen molar-refractivity contribution in [3.05, 3.63) is 103 Å². The van der Waals surface area contributed by atoms with E-state index in [0.29, 0.717) is 21.9 Å². The first-order chi connectivity index (χ1) is 28.9. The van der Waals surface area contributed by atoms with Gasteiger partial charge in [0, 0.05) is 43.8 Å². The van der Waals surface area contributed by atoms with Crippen molar-refractivity contribution in [1.82, 2.24) is 39.9 Å². The zero-order valence-electron chi connectivity index (χ0n) is 33.2. The number of aromatic amines is 2. The van der Waals surface area contributed by atoms with Gasteiger partial charge in [-0.25, -0.2) is 46.7 Å². The van der Waals surface area contributed by atoms with Gasteiger partial charge in [0.25, 0.3) is 10.1 Å². The van der Waals surface area contributed by atoms with Crippen LogP contribution in [0.15, 0.2) is 112 Å². The number of hydrogen-bond acceptors (Lipinski definition) is 16. The molecule has 3 aromatic heterocycles. The van der Waals surface area contributed by atoms with Gasteiger partial charge in [-0.3, -0.25) is 4.55 Å². The molecule has 0 radical (unpaired) electrons. The summed E-state index contributed by atoms with van der Waals surface area (Å²) in [6.45, 7) is 0. The third kappa shape index (κ3) is 8.49. The Hall–Kier alpha value is -4.34. The number of carboxylic acids is 1. The molecule has 64 heavy (non-hydrogen) atoms. The van der Waals surface area contributed by atoms with E-state index in [1.54, 1.807) is 30.3 Å². The number of hydrogen-bond donors (Lipinski definition) is 3. The maximum atomic E-state index is 12.2. The number of carbonyl (C=O) groups is 1. The maximum absolute atomic E-state index is 12.2. The number of aromatic carboxylic acids is 1. The molecular formula is C39H19N8Na3O11S3. The van der Waals surface area contributed by atoms with Crippen molar-refractivity contribution in [2.24, 2.45) is 0 Å². The molecule has 302 valence electrons. The van der Waals surface area contributed by atoms with E-state index in [9.17, 15) is 48.8 Å². The van der Waals surface area contributed by atoms with Crippen LogP contribution >= 0.6 is 0 Å². The molecule has 0 aliphatic carbocycles. The molecule has 0 saturated carbocycles. The molecule has 2 aliphatic rings. The quantitative estimate of drug-likeness (QED) is 0.107. The van der Waals surface area contributed by atoms with E-state index in [1.165, 1.54) is 30.3 Å². The number of carbonyl (C=O) groups excluding carboxylic acids is 1. The molecule has 19 nitrogen and oxygen atoms in total. The number of benzene rings is 5. The van der Waals surface area contributed by atoms with Crippen molar-refractivity contribution >= 4 is 80.5 Å². The van der Waals surface area contributed by atoms with Crippen LogP contribution in [0.1, 0.15) is 10.4 Å². The molecule has 25 heteroatoms. The second-order valence-electron chi connectivity index (χ2n) is 13.7. The third-order valence-electron chi connectivity index (χ3n) is 10.1. The van der Waals surface area contributed by atoms with E-state index in [2.05, 4.69) is 29.9 Å². The van der Waals surface area contributed by atoms with Crippen molar-refractivity contribution in [2.75, 3.05) is 0 Å². The molecule has 0 spiro atoms. The summed E-state index contributed by atoms with van der Waals surface area (Å²) in [4.78, 5) is 44.2. The predicted molar refractivity (Wildman–Crippen MR) is 212 cm³/mol. The van der Waals surface area contributed by atoms with Gasteiger partial charge >= 0.3 is 88.7 Å². The molecular weight excluding hydrogens is 922 g/mol. The Labute approximate surface area is 427 Å². The first kappa shape index (κ1) is 47.6. The number of aromatic nitrogens is 8. The molecule has 5 heterocycles. The number of nitrogens with zero attached hydrogens (tertiary/aromatic N) is 6. The smallest absolute Gasteiger partial charge is 0.744 e. The van der Waals surface area contributed by atoms with Crippen LogP contribution in [0.5, 0.6) is 0 Å². The van der Waals surface area contributed by atoms with Crippen molar-refractivity contribution < 1.29 is 137 Å². The monoisotopic (exact) mass is 940 g/mol. The number of H-pyrrole nitrogens is 2.